The number of amides is 2. The van der Waals surface area contributed by atoms with Gasteiger partial charge in [0, 0.05) is 75.0 Å². The zero-order chi connectivity index (χ0) is 37.6. The number of para-hydroxylation sites is 2. The van der Waals surface area contributed by atoms with Crippen molar-refractivity contribution in [2.45, 2.75) is 48.2 Å². The Morgan fingerprint density at radius 2 is 1.85 bits per heavy atom. The summed E-state index contributed by atoms with van der Waals surface area (Å²) in [4.78, 5) is 36.2. The third-order valence-electron chi connectivity index (χ3n) is 9.83. The summed E-state index contributed by atoms with van der Waals surface area (Å²) in [6, 6.07) is 18.6. The van der Waals surface area contributed by atoms with Crippen LogP contribution >= 0.6 is 11.6 Å². The van der Waals surface area contributed by atoms with Crippen LogP contribution in [0.5, 0.6) is 5.75 Å². The van der Waals surface area contributed by atoms with Crippen molar-refractivity contribution in [2.24, 2.45) is 5.92 Å². The monoisotopic (exact) mass is 756 g/mol. The average Bonchev–Trinajstić information content (AvgIpc) is 3.53. The largest absolute Gasteiger partial charge is 0.490 e. The molecule has 0 radical (unpaired) electrons. The molecule has 3 aliphatic rings. The summed E-state index contributed by atoms with van der Waals surface area (Å²) in [5.74, 6) is -1.43. The van der Waals surface area contributed by atoms with Crippen LogP contribution < -0.4 is 20.3 Å². The summed E-state index contributed by atoms with van der Waals surface area (Å²) in [5, 5.41) is 27.2. The number of hydrogen-bond acceptors (Lipinski definition) is 9. The molecule has 0 saturated carbocycles. The maximum atomic E-state index is 13.9. The number of anilines is 1. The van der Waals surface area contributed by atoms with E-state index >= 15 is 0 Å². The van der Waals surface area contributed by atoms with Crippen molar-refractivity contribution in [1.29, 1.82) is 0 Å². The Kier molecular flexibility index (Phi) is 12.2. The van der Waals surface area contributed by atoms with Gasteiger partial charge >= 0.3 is 6.18 Å². The Labute approximate surface area is 311 Å². The highest BCUT2D eigenvalue weighted by Crippen LogP contribution is 2.33. The summed E-state index contributed by atoms with van der Waals surface area (Å²) in [6.07, 6.45) is 0.512. The third-order valence-corrected chi connectivity index (χ3v) is 10.2. The molecule has 4 heterocycles. The van der Waals surface area contributed by atoms with Crippen LogP contribution in [0, 0.1) is 5.92 Å². The van der Waals surface area contributed by atoms with Gasteiger partial charge < -0.3 is 30.5 Å². The number of aliphatic hydroxyl groups excluding tert-OH is 2. The first-order chi connectivity index (χ1) is 25.4. The van der Waals surface area contributed by atoms with Crippen molar-refractivity contribution in [3.05, 3.63) is 103 Å². The molecule has 1 fully saturated rings. The summed E-state index contributed by atoms with van der Waals surface area (Å²) >= 11 is 7.04. The standard InChI is InChI=1S/C38H44ClF3N6O5/c39-37(12-14-48(25-37)28-8-2-1-3-9-28)24-46-15-16-47(31(21-46)36(52)44-23-38(40,41)42)20-29(49)18-27(17-26-7-6-13-43-19-26)35(51)45-34-30-10-4-5-11-33(30)53-22-32(34)50/h1-14,19,27,29,31-32,34,49-50H,15-18,20-25H2,(H,44,52)(H,45,51)/t27-,29+,31+,32-,34+,37?/m1/s1. The van der Waals surface area contributed by atoms with Gasteiger partial charge in [0.25, 0.3) is 0 Å². The quantitative estimate of drug-likeness (QED) is 0.194. The number of carbonyl (C=O) groups excluding carboxylic acids is 2. The fourth-order valence-corrected chi connectivity index (χ4v) is 7.58. The topological polar surface area (TPSA) is 130 Å². The van der Waals surface area contributed by atoms with E-state index in [-0.39, 0.29) is 39.1 Å². The van der Waals surface area contributed by atoms with Crippen molar-refractivity contribution in [3.63, 3.8) is 0 Å². The number of fused-ring (bicyclic) bond motifs is 1. The molecule has 11 nitrogen and oxygen atoms in total. The molecular weight excluding hydrogens is 713 g/mol. The SMILES string of the molecule is O=C(N[C@H]1c2ccccc2OC[C@H]1O)[C@H](Cc1cccnc1)C[C@H](O)CN1CCN(CC2(Cl)C=CN(c3ccccc3)C2)C[C@H]1C(=O)NCC(F)(F)F. The van der Waals surface area contributed by atoms with Gasteiger partial charge in [-0.2, -0.15) is 13.2 Å². The molecule has 1 unspecified atom stereocenters. The zero-order valence-electron chi connectivity index (χ0n) is 29.0. The van der Waals surface area contributed by atoms with E-state index < -0.39 is 59.6 Å². The summed E-state index contributed by atoms with van der Waals surface area (Å²) in [6.45, 7) is 0.0714. The Bertz CT molecular complexity index is 1720. The lowest BCUT2D eigenvalue weighted by atomic mass is 9.91. The van der Waals surface area contributed by atoms with Crippen LogP contribution in [0.3, 0.4) is 0 Å². The maximum Gasteiger partial charge on any atom is 0.405 e. The van der Waals surface area contributed by atoms with Crippen LogP contribution in [0.4, 0.5) is 18.9 Å². The van der Waals surface area contributed by atoms with E-state index in [0.717, 1.165) is 11.3 Å². The van der Waals surface area contributed by atoms with Crippen molar-refractivity contribution >= 4 is 29.1 Å². The number of hydrogen-bond donors (Lipinski definition) is 4. The fraction of sp³-hybridized carbons (Fsp3) is 0.447. The number of piperazine rings is 1. The first-order valence-corrected chi connectivity index (χ1v) is 18.0. The van der Waals surface area contributed by atoms with E-state index in [2.05, 4.69) is 10.3 Å². The molecule has 0 bridgehead atoms. The Morgan fingerprint density at radius 3 is 2.60 bits per heavy atom. The minimum absolute atomic E-state index is 0.00592. The first-order valence-electron chi connectivity index (χ1n) is 17.6. The van der Waals surface area contributed by atoms with Gasteiger partial charge in [0.15, 0.2) is 0 Å². The number of β-amino-alcohol motifs (C(OH)–C–C–N with tert-alkyl or cyclic N) is 1. The number of alkyl halides is 4. The van der Waals surface area contributed by atoms with Crippen molar-refractivity contribution < 1.29 is 37.7 Å². The number of carbonyl (C=O) groups is 2. The number of aromatic nitrogens is 1. The number of ether oxygens (including phenoxy) is 1. The molecule has 1 aromatic heterocycles. The van der Waals surface area contributed by atoms with E-state index in [1.807, 2.05) is 63.8 Å². The number of nitrogens with one attached hydrogen (secondary N) is 2. The van der Waals surface area contributed by atoms with Crippen molar-refractivity contribution in [2.75, 3.05) is 57.3 Å². The molecule has 284 valence electrons. The van der Waals surface area contributed by atoms with Crippen LogP contribution in [-0.2, 0) is 16.0 Å². The highest BCUT2D eigenvalue weighted by molar-refractivity contribution is 6.26. The molecule has 2 amide bonds. The Morgan fingerprint density at radius 1 is 1.08 bits per heavy atom. The number of pyridine rings is 1. The van der Waals surface area contributed by atoms with E-state index in [9.17, 15) is 33.0 Å². The molecule has 3 aromatic rings. The molecule has 15 heteroatoms. The summed E-state index contributed by atoms with van der Waals surface area (Å²) in [5.41, 5.74) is 2.36. The van der Waals surface area contributed by atoms with E-state index in [1.54, 1.807) is 47.6 Å². The van der Waals surface area contributed by atoms with Crippen LogP contribution in [-0.4, -0.2) is 119 Å². The smallest absolute Gasteiger partial charge is 0.405 e. The summed E-state index contributed by atoms with van der Waals surface area (Å²) in [7, 11) is 0. The average molecular weight is 757 g/mol. The van der Waals surface area contributed by atoms with Crippen molar-refractivity contribution in [3.8, 4) is 5.75 Å². The minimum atomic E-state index is -4.60. The minimum Gasteiger partial charge on any atom is -0.490 e. The Balaban J connectivity index is 1.14. The number of nitrogens with zero attached hydrogens (tertiary/aromatic N) is 4. The fourth-order valence-electron chi connectivity index (χ4n) is 7.23. The van der Waals surface area contributed by atoms with Gasteiger partial charge in [0.05, 0.1) is 17.0 Å². The highest BCUT2D eigenvalue weighted by Gasteiger charge is 2.41. The molecule has 6 atom stereocenters. The molecule has 53 heavy (non-hydrogen) atoms. The van der Waals surface area contributed by atoms with Gasteiger partial charge in [-0.15, -0.1) is 11.6 Å². The molecule has 6 rings (SSSR count). The second-order valence-electron chi connectivity index (χ2n) is 13.9. The molecule has 1 saturated heterocycles. The van der Waals surface area contributed by atoms with Gasteiger partial charge in [-0.3, -0.25) is 24.4 Å². The maximum absolute atomic E-state index is 13.9. The number of halogens is 4. The number of rotatable bonds is 13. The third kappa shape index (κ3) is 10.3. The number of aliphatic hydroxyl groups is 2. The lowest BCUT2D eigenvalue weighted by Gasteiger charge is -2.43. The lowest BCUT2D eigenvalue weighted by molar-refractivity contribution is -0.143. The van der Waals surface area contributed by atoms with Crippen LogP contribution in [0.1, 0.15) is 23.6 Å². The predicted octanol–water partition coefficient (Wildman–Crippen LogP) is 3.28. The lowest BCUT2D eigenvalue weighted by Crippen LogP contribution is -2.62. The normalized spacial score (nSPS) is 24.6. The zero-order valence-corrected chi connectivity index (χ0v) is 29.8. The van der Waals surface area contributed by atoms with Crippen LogP contribution in [0.15, 0.2) is 91.4 Å². The highest BCUT2D eigenvalue weighted by atomic mass is 35.5. The Hall–Kier alpha value is -4.21. The van der Waals surface area contributed by atoms with Gasteiger partial charge in [-0.05, 0) is 48.7 Å². The molecule has 3 aliphatic heterocycles. The van der Waals surface area contributed by atoms with E-state index in [0.29, 0.717) is 30.9 Å². The van der Waals surface area contributed by atoms with Crippen LogP contribution in [0.2, 0.25) is 0 Å². The molecule has 4 N–H and O–H groups in total. The molecular formula is C38H44ClF3N6O5. The van der Waals surface area contributed by atoms with E-state index in [4.69, 9.17) is 16.3 Å². The van der Waals surface area contributed by atoms with Gasteiger partial charge in [-0.25, -0.2) is 0 Å². The van der Waals surface area contributed by atoms with E-state index in [1.165, 1.54) is 0 Å². The second-order valence-corrected chi connectivity index (χ2v) is 14.7. The molecule has 0 aliphatic carbocycles. The van der Waals surface area contributed by atoms with Gasteiger partial charge in [0.1, 0.15) is 31.0 Å². The first kappa shape index (κ1) is 38.5. The van der Waals surface area contributed by atoms with Crippen LogP contribution in [0.25, 0.3) is 0 Å². The molecule has 0 spiro atoms. The van der Waals surface area contributed by atoms with Gasteiger partial charge in [-0.1, -0.05) is 42.5 Å². The van der Waals surface area contributed by atoms with Gasteiger partial charge in [0.2, 0.25) is 11.8 Å². The summed E-state index contributed by atoms with van der Waals surface area (Å²) < 4.78 is 45.1. The van der Waals surface area contributed by atoms with Crippen molar-refractivity contribution in [1.82, 2.24) is 25.4 Å². The number of benzene rings is 2. The second kappa shape index (κ2) is 16.9. The molecule has 2 aromatic carbocycles. The predicted molar refractivity (Wildman–Crippen MR) is 193 cm³/mol.